The summed E-state index contributed by atoms with van der Waals surface area (Å²) in [5.74, 6) is -2.55. The molecule has 0 saturated heterocycles. The molecule has 0 aliphatic carbocycles. The van der Waals surface area contributed by atoms with Crippen LogP contribution in [0.4, 0.5) is 0 Å². The lowest BCUT2D eigenvalue weighted by Crippen LogP contribution is -2.53. The predicted octanol–water partition coefficient (Wildman–Crippen LogP) is 3.73. The molecule has 0 spiro atoms. The van der Waals surface area contributed by atoms with Crippen molar-refractivity contribution in [3.8, 4) is 11.5 Å². The molecule has 0 bridgehead atoms. The van der Waals surface area contributed by atoms with Crippen molar-refractivity contribution in [2.45, 2.75) is 85.3 Å². The fourth-order valence-corrected chi connectivity index (χ4v) is 3.24. The molecule has 0 radical (unpaired) electrons. The van der Waals surface area contributed by atoms with Crippen molar-refractivity contribution >= 4 is 23.9 Å². The average molecular weight is 494 g/mol. The Labute approximate surface area is 207 Å². The first-order chi connectivity index (χ1) is 16.4. The first kappa shape index (κ1) is 30.1. The molecule has 9 heteroatoms. The van der Waals surface area contributed by atoms with E-state index in [4.69, 9.17) is 24.7 Å². The molecular formula is C26H39NO8. The highest BCUT2D eigenvalue weighted by Gasteiger charge is 2.38. The summed E-state index contributed by atoms with van der Waals surface area (Å²) < 4.78 is 21.3. The van der Waals surface area contributed by atoms with Gasteiger partial charge >= 0.3 is 23.9 Å². The zero-order valence-electron chi connectivity index (χ0n) is 21.8. The molecule has 196 valence electrons. The molecule has 0 saturated carbocycles. The minimum atomic E-state index is -1.52. The molecule has 9 nitrogen and oxygen atoms in total. The summed E-state index contributed by atoms with van der Waals surface area (Å²) in [6.07, 6.45) is 0.740. The van der Waals surface area contributed by atoms with Gasteiger partial charge in [-0.05, 0) is 37.5 Å². The van der Waals surface area contributed by atoms with Gasteiger partial charge in [0.15, 0.2) is 11.5 Å². The molecule has 0 amide bonds. The third kappa shape index (κ3) is 8.98. The normalized spacial score (nSPS) is 15.2. The van der Waals surface area contributed by atoms with Crippen molar-refractivity contribution in [3.63, 3.8) is 0 Å². The van der Waals surface area contributed by atoms with Gasteiger partial charge in [0.1, 0.15) is 11.6 Å². The van der Waals surface area contributed by atoms with E-state index in [0.29, 0.717) is 18.4 Å². The van der Waals surface area contributed by atoms with Gasteiger partial charge in [0.2, 0.25) is 0 Å². The molecule has 0 aliphatic rings. The summed E-state index contributed by atoms with van der Waals surface area (Å²) in [6, 6.07) is 4.66. The van der Waals surface area contributed by atoms with Crippen molar-refractivity contribution in [3.05, 3.63) is 23.8 Å². The van der Waals surface area contributed by atoms with Gasteiger partial charge < -0.3 is 24.7 Å². The number of ether oxygens (including phenoxy) is 4. The Morgan fingerprint density at radius 1 is 0.914 bits per heavy atom. The Kier molecular flexibility index (Phi) is 11.9. The Balaban J connectivity index is 3.32. The maximum atomic E-state index is 12.6. The summed E-state index contributed by atoms with van der Waals surface area (Å²) >= 11 is 0. The standard InChI is InChI=1S/C26H39NO8/c1-8-16(4)23(29)34-20-12-11-19(13-21(20)35-24(30)17(5)9-2)15-26(27,25(31)32-7)14-18(6)33-22(28)10-3/h11-13,16-18H,8-10,14-15,27H2,1-7H3/t16?,17?,18-,26?/m0/s1. The highest BCUT2D eigenvalue weighted by atomic mass is 16.6. The van der Waals surface area contributed by atoms with Gasteiger partial charge in [-0.25, -0.2) is 0 Å². The molecule has 1 rings (SSSR count). The summed E-state index contributed by atoms with van der Waals surface area (Å²) in [6.45, 7) is 10.5. The van der Waals surface area contributed by atoms with Gasteiger partial charge in [-0.15, -0.1) is 0 Å². The van der Waals surface area contributed by atoms with Crippen LogP contribution in [0, 0.1) is 11.8 Å². The number of carbonyl (C=O) groups is 4. The SMILES string of the molecule is CCC(=O)O[C@@H](C)CC(N)(Cc1ccc(OC(=O)C(C)CC)c(OC(=O)C(C)CC)c1)C(=O)OC. The Bertz CT molecular complexity index is 899. The third-order valence-corrected chi connectivity index (χ3v) is 5.84. The predicted molar refractivity (Wildman–Crippen MR) is 130 cm³/mol. The Hall–Kier alpha value is -2.94. The lowest BCUT2D eigenvalue weighted by molar-refractivity contribution is -0.154. The van der Waals surface area contributed by atoms with E-state index < -0.39 is 35.5 Å². The van der Waals surface area contributed by atoms with Crippen molar-refractivity contribution < 1.29 is 38.1 Å². The summed E-state index contributed by atoms with van der Waals surface area (Å²) in [7, 11) is 1.23. The van der Waals surface area contributed by atoms with Crippen LogP contribution >= 0.6 is 0 Å². The number of methoxy groups -OCH3 is 1. The first-order valence-corrected chi connectivity index (χ1v) is 12.0. The molecule has 0 aliphatic heterocycles. The second kappa shape index (κ2) is 13.8. The molecule has 3 unspecified atom stereocenters. The minimum Gasteiger partial charge on any atom is -0.468 e. The number of esters is 4. The summed E-state index contributed by atoms with van der Waals surface area (Å²) in [4.78, 5) is 49.1. The van der Waals surface area contributed by atoms with Crippen molar-refractivity contribution in [1.82, 2.24) is 0 Å². The maximum absolute atomic E-state index is 12.6. The number of rotatable bonds is 13. The van der Waals surface area contributed by atoms with E-state index in [1.807, 2.05) is 13.8 Å². The van der Waals surface area contributed by atoms with Gasteiger partial charge in [-0.1, -0.05) is 40.7 Å². The van der Waals surface area contributed by atoms with Crippen LogP contribution in [0.5, 0.6) is 11.5 Å². The average Bonchev–Trinajstić information content (AvgIpc) is 2.83. The zero-order valence-corrected chi connectivity index (χ0v) is 21.8. The van der Waals surface area contributed by atoms with Crippen molar-refractivity contribution in [2.24, 2.45) is 17.6 Å². The first-order valence-electron chi connectivity index (χ1n) is 12.0. The lowest BCUT2D eigenvalue weighted by Gasteiger charge is -2.29. The molecule has 4 atom stereocenters. The summed E-state index contributed by atoms with van der Waals surface area (Å²) in [5.41, 5.74) is 5.47. The van der Waals surface area contributed by atoms with E-state index in [1.54, 1.807) is 33.8 Å². The smallest absolute Gasteiger partial charge is 0.326 e. The molecule has 2 N–H and O–H groups in total. The number of benzene rings is 1. The van der Waals surface area contributed by atoms with Crippen molar-refractivity contribution in [1.29, 1.82) is 0 Å². The van der Waals surface area contributed by atoms with Gasteiger partial charge in [0, 0.05) is 19.3 Å². The van der Waals surface area contributed by atoms with E-state index in [9.17, 15) is 19.2 Å². The molecule has 0 heterocycles. The fourth-order valence-electron chi connectivity index (χ4n) is 3.24. The van der Waals surface area contributed by atoms with Crippen LogP contribution in [0.15, 0.2) is 18.2 Å². The largest absolute Gasteiger partial charge is 0.468 e. The second-order valence-electron chi connectivity index (χ2n) is 8.92. The molecule has 1 aromatic rings. The maximum Gasteiger partial charge on any atom is 0.326 e. The van der Waals surface area contributed by atoms with Crippen LogP contribution in [0.2, 0.25) is 0 Å². The molecule has 1 aromatic carbocycles. The lowest BCUT2D eigenvalue weighted by atomic mass is 9.86. The van der Waals surface area contributed by atoms with Gasteiger partial charge in [-0.2, -0.15) is 0 Å². The van der Waals surface area contributed by atoms with E-state index in [0.717, 1.165) is 0 Å². The van der Waals surface area contributed by atoms with E-state index in [2.05, 4.69) is 0 Å². The van der Waals surface area contributed by atoms with Crippen molar-refractivity contribution in [2.75, 3.05) is 7.11 Å². The van der Waals surface area contributed by atoms with Gasteiger partial charge in [0.05, 0.1) is 18.9 Å². The van der Waals surface area contributed by atoms with Crippen LogP contribution in [0.1, 0.15) is 72.8 Å². The Morgan fingerprint density at radius 2 is 1.46 bits per heavy atom. The van der Waals surface area contributed by atoms with Crippen LogP contribution < -0.4 is 15.2 Å². The molecule has 0 fully saturated rings. The van der Waals surface area contributed by atoms with Crippen LogP contribution in [0.25, 0.3) is 0 Å². The zero-order chi connectivity index (χ0) is 26.8. The van der Waals surface area contributed by atoms with Crippen LogP contribution in [0.3, 0.4) is 0 Å². The van der Waals surface area contributed by atoms with Crippen LogP contribution in [-0.2, 0) is 35.1 Å². The van der Waals surface area contributed by atoms with Gasteiger partial charge in [0.25, 0.3) is 0 Å². The highest BCUT2D eigenvalue weighted by Crippen LogP contribution is 2.32. The molecule has 35 heavy (non-hydrogen) atoms. The topological polar surface area (TPSA) is 131 Å². The van der Waals surface area contributed by atoms with E-state index >= 15 is 0 Å². The number of nitrogens with two attached hydrogens (primary N) is 1. The third-order valence-electron chi connectivity index (χ3n) is 5.84. The Morgan fingerprint density at radius 3 is 1.94 bits per heavy atom. The number of hydrogen-bond donors (Lipinski definition) is 1. The molecular weight excluding hydrogens is 454 g/mol. The van der Waals surface area contributed by atoms with Crippen LogP contribution in [-0.4, -0.2) is 42.6 Å². The van der Waals surface area contributed by atoms with E-state index in [-0.39, 0.29) is 42.6 Å². The quantitative estimate of drug-likeness (QED) is 0.322. The van der Waals surface area contributed by atoms with Gasteiger partial charge in [-0.3, -0.25) is 19.2 Å². The number of carbonyl (C=O) groups excluding carboxylic acids is 4. The number of hydrogen-bond acceptors (Lipinski definition) is 9. The minimum absolute atomic E-state index is 0.00115. The van der Waals surface area contributed by atoms with E-state index in [1.165, 1.54) is 19.2 Å². The highest BCUT2D eigenvalue weighted by molar-refractivity contribution is 5.81. The molecule has 0 aromatic heterocycles. The fraction of sp³-hybridized carbons (Fsp3) is 0.615. The monoisotopic (exact) mass is 493 g/mol. The summed E-state index contributed by atoms with van der Waals surface area (Å²) in [5, 5.41) is 0. The second-order valence-corrected chi connectivity index (χ2v) is 8.92.